The second kappa shape index (κ2) is 8.70. The molecule has 0 spiro atoms. The van der Waals surface area contributed by atoms with Crippen molar-refractivity contribution in [1.29, 1.82) is 0 Å². The van der Waals surface area contributed by atoms with Gasteiger partial charge in [-0.2, -0.15) is 0 Å². The number of piperidine rings is 1. The van der Waals surface area contributed by atoms with Gasteiger partial charge in [-0.3, -0.25) is 9.69 Å². The van der Waals surface area contributed by atoms with E-state index in [9.17, 15) is 14.4 Å². The summed E-state index contributed by atoms with van der Waals surface area (Å²) >= 11 is 6.51. The Hall–Kier alpha value is -1.55. The molecular weight excluding hydrogens is 366 g/mol. The summed E-state index contributed by atoms with van der Waals surface area (Å²) in [6.45, 7) is 1.09. The van der Waals surface area contributed by atoms with Crippen LogP contribution in [0.15, 0.2) is 0 Å². The van der Waals surface area contributed by atoms with E-state index in [2.05, 4.69) is 0 Å². The standard InChI is InChI=1S/C15H23N3O5S2/c1-16(2)15(24)25-9-12(19)17-6-4-10(5-7-17)18-11(13(20)22-3)8-23-14(18)21/h10-11H,4-9H2,1-3H3. The van der Waals surface area contributed by atoms with E-state index in [1.807, 2.05) is 14.1 Å². The fraction of sp³-hybridized carbons (Fsp3) is 0.733. The summed E-state index contributed by atoms with van der Waals surface area (Å²) in [5.41, 5.74) is 0. The number of ether oxygens (including phenoxy) is 2. The Morgan fingerprint density at radius 3 is 2.56 bits per heavy atom. The number of thiocarbonyl (C=S) groups is 1. The van der Waals surface area contributed by atoms with E-state index in [1.54, 1.807) is 9.80 Å². The highest BCUT2D eigenvalue weighted by Gasteiger charge is 2.44. The minimum absolute atomic E-state index is 0.0171. The fourth-order valence-electron chi connectivity index (χ4n) is 2.89. The highest BCUT2D eigenvalue weighted by atomic mass is 32.2. The third-order valence-corrected chi connectivity index (χ3v) is 6.00. The number of methoxy groups -OCH3 is 1. The molecule has 0 N–H and O–H groups in total. The molecule has 2 aliphatic heterocycles. The lowest BCUT2D eigenvalue weighted by molar-refractivity contribution is -0.146. The molecule has 0 aromatic rings. The van der Waals surface area contributed by atoms with Gasteiger partial charge >= 0.3 is 12.1 Å². The predicted octanol–water partition coefficient (Wildman–Crippen LogP) is 0.551. The number of cyclic esters (lactones) is 1. The number of likely N-dealkylation sites (tertiary alicyclic amines) is 1. The van der Waals surface area contributed by atoms with Crippen molar-refractivity contribution in [2.24, 2.45) is 0 Å². The first-order valence-corrected chi connectivity index (χ1v) is 9.39. The fourth-order valence-corrected chi connectivity index (χ4v) is 3.76. The van der Waals surface area contributed by atoms with Crippen LogP contribution in [0.5, 0.6) is 0 Å². The maximum atomic E-state index is 12.3. The SMILES string of the molecule is COC(=O)C1COC(=O)N1C1CCN(C(=O)CSC(=S)N(C)C)CC1. The van der Waals surface area contributed by atoms with Gasteiger partial charge in [0.15, 0.2) is 6.04 Å². The second-order valence-electron chi connectivity index (χ2n) is 6.08. The van der Waals surface area contributed by atoms with Gasteiger partial charge in [0.05, 0.1) is 12.9 Å². The van der Waals surface area contributed by atoms with Crippen LogP contribution in [0.3, 0.4) is 0 Å². The van der Waals surface area contributed by atoms with Crippen LogP contribution in [0.1, 0.15) is 12.8 Å². The number of hydrogen-bond donors (Lipinski definition) is 0. The van der Waals surface area contributed by atoms with Crippen LogP contribution in [-0.4, -0.2) is 95.7 Å². The number of amides is 2. The van der Waals surface area contributed by atoms with Crippen LogP contribution in [-0.2, 0) is 19.1 Å². The van der Waals surface area contributed by atoms with Gasteiger partial charge in [0, 0.05) is 33.2 Å². The van der Waals surface area contributed by atoms with Crippen LogP contribution in [0.25, 0.3) is 0 Å². The summed E-state index contributed by atoms with van der Waals surface area (Å²) in [6.07, 6.45) is 0.723. The predicted molar refractivity (Wildman–Crippen MR) is 97.3 cm³/mol. The first-order valence-electron chi connectivity index (χ1n) is 8.00. The molecule has 2 saturated heterocycles. The molecule has 2 heterocycles. The zero-order valence-corrected chi connectivity index (χ0v) is 16.2. The smallest absolute Gasteiger partial charge is 0.410 e. The molecule has 2 aliphatic rings. The van der Waals surface area contributed by atoms with E-state index in [0.29, 0.717) is 36.0 Å². The Morgan fingerprint density at radius 2 is 2.00 bits per heavy atom. The molecule has 0 aromatic heterocycles. The molecule has 0 bridgehead atoms. The Morgan fingerprint density at radius 1 is 1.36 bits per heavy atom. The van der Waals surface area contributed by atoms with Gasteiger partial charge in [-0.25, -0.2) is 9.59 Å². The molecular formula is C15H23N3O5S2. The summed E-state index contributed by atoms with van der Waals surface area (Å²) in [7, 11) is 4.98. The van der Waals surface area contributed by atoms with Crippen molar-refractivity contribution in [1.82, 2.24) is 14.7 Å². The molecule has 0 aliphatic carbocycles. The minimum Gasteiger partial charge on any atom is -0.467 e. The molecule has 1 unspecified atom stereocenters. The zero-order valence-electron chi connectivity index (χ0n) is 14.6. The first kappa shape index (κ1) is 19.8. The highest BCUT2D eigenvalue weighted by molar-refractivity contribution is 8.23. The topological polar surface area (TPSA) is 79.4 Å². The van der Waals surface area contributed by atoms with E-state index in [4.69, 9.17) is 21.7 Å². The Bertz CT molecular complexity index is 549. The average molecular weight is 389 g/mol. The van der Waals surface area contributed by atoms with Crippen molar-refractivity contribution in [2.45, 2.75) is 24.9 Å². The normalized spacial score (nSPS) is 21.1. The van der Waals surface area contributed by atoms with Crippen molar-refractivity contribution >= 4 is 46.3 Å². The maximum absolute atomic E-state index is 12.3. The monoisotopic (exact) mass is 389 g/mol. The molecule has 0 radical (unpaired) electrons. The molecule has 2 rings (SSSR count). The van der Waals surface area contributed by atoms with Crippen LogP contribution in [0, 0.1) is 0 Å². The van der Waals surface area contributed by atoms with E-state index in [-0.39, 0.29) is 18.6 Å². The van der Waals surface area contributed by atoms with Gasteiger partial charge in [-0.15, -0.1) is 0 Å². The lowest BCUT2D eigenvalue weighted by atomic mass is 10.0. The lowest BCUT2D eigenvalue weighted by Gasteiger charge is -2.37. The van der Waals surface area contributed by atoms with E-state index in [1.165, 1.54) is 23.8 Å². The Kier molecular flexibility index (Phi) is 6.88. The molecule has 1 atom stereocenters. The number of thioether (sulfide) groups is 1. The molecule has 2 amide bonds. The van der Waals surface area contributed by atoms with Gasteiger partial charge in [0.25, 0.3) is 0 Å². The van der Waals surface area contributed by atoms with Crippen molar-refractivity contribution in [2.75, 3.05) is 46.7 Å². The van der Waals surface area contributed by atoms with Gasteiger partial charge in [-0.1, -0.05) is 24.0 Å². The molecule has 0 aromatic carbocycles. The Labute approximate surface area is 156 Å². The summed E-state index contributed by atoms with van der Waals surface area (Å²) in [6, 6.07) is -0.823. The molecule has 10 heteroatoms. The van der Waals surface area contributed by atoms with Crippen molar-refractivity contribution in [3.8, 4) is 0 Å². The van der Waals surface area contributed by atoms with Crippen LogP contribution in [0.2, 0.25) is 0 Å². The number of rotatable bonds is 4. The first-order chi connectivity index (χ1) is 11.8. The van der Waals surface area contributed by atoms with Crippen molar-refractivity contribution in [3.05, 3.63) is 0 Å². The second-order valence-corrected chi connectivity index (χ2v) is 7.69. The van der Waals surface area contributed by atoms with E-state index < -0.39 is 18.1 Å². The number of carbonyl (C=O) groups is 3. The van der Waals surface area contributed by atoms with Crippen molar-refractivity contribution in [3.63, 3.8) is 0 Å². The maximum Gasteiger partial charge on any atom is 0.410 e. The molecule has 2 fully saturated rings. The largest absolute Gasteiger partial charge is 0.467 e. The zero-order chi connectivity index (χ0) is 18.6. The van der Waals surface area contributed by atoms with Crippen LogP contribution >= 0.6 is 24.0 Å². The van der Waals surface area contributed by atoms with Gasteiger partial charge in [0.1, 0.15) is 10.9 Å². The number of carbonyl (C=O) groups excluding carboxylic acids is 3. The molecule has 0 saturated carbocycles. The third-order valence-electron chi connectivity index (χ3n) is 4.28. The van der Waals surface area contributed by atoms with E-state index >= 15 is 0 Å². The third kappa shape index (κ3) is 4.75. The van der Waals surface area contributed by atoms with Crippen LogP contribution < -0.4 is 0 Å². The average Bonchev–Trinajstić information content (AvgIpc) is 3.00. The van der Waals surface area contributed by atoms with E-state index in [0.717, 1.165) is 0 Å². The Balaban J connectivity index is 1.86. The summed E-state index contributed by atoms with van der Waals surface area (Å²) < 4.78 is 10.4. The summed E-state index contributed by atoms with van der Waals surface area (Å²) in [5, 5.41) is 0. The van der Waals surface area contributed by atoms with Gasteiger partial charge < -0.3 is 19.3 Å². The molecule has 25 heavy (non-hydrogen) atoms. The van der Waals surface area contributed by atoms with Gasteiger partial charge in [0.2, 0.25) is 5.91 Å². The lowest BCUT2D eigenvalue weighted by Crippen LogP contribution is -2.52. The number of hydrogen-bond acceptors (Lipinski definition) is 7. The quantitative estimate of drug-likeness (QED) is 0.510. The van der Waals surface area contributed by atoms with Gasteiger partial charge in [-0.05, 0) is 12.8 Å². The van der Waals surface area contributed by atoms with Crippen LogP contribution in [0.4, 0.5) is 4.79 Å². The minimum atomic E-state index is -0.697. The highest BCUT2D eigenvalue weighted by Crippen LogP contribution is 2.25. The summed E-state index contributed by atoms with van der Waals surface area (Å²) in [5.74, 6) is -0.141. The van der Waals surface area contributed by atoms with Crippen molar-refractivity contribution < 1.29 is 23.9 Å². The summed E-state index contributed by atoms with van der Waals surface area (Å²) in [4.78, 5) is 41.1. The molecule has 140 valence electrons. The number of esters is 1. The molecule has 8 nitrogen and oxygen atoms in total. The number of nitrogens with zero attached hydrogens (tertiary/aromatic N) is 3.